The lowest BCUT2D eigenvalue weighted by atomic mass is 10.1. The lowest BCUT2D eigenvalue weighted by Gasteiger charge is -2.09. The van der Waals surface area contributed by atoms with E-state index in [9.17, 15) is 14.4 Å². The van der Waals surface area contributed by atoms with Gasteiger partial charge in [-0.15, -0.1) is 0 Å². The van der Waals surface area contributed by atoms with Crippen LogP contribution in [-0.4, -0.2) is 37.7 Å². The third-order valence-electron chi connectivity index (χ3n) is 4.96. The summed E-state index contributed by atoms with van der Waals surface area (Å²) in [6, 6.07) is 7.84. The first-order valence-corrected chi connectivity index (χ1v) is 10.0. The van der Waals surface area contributed by atoms with E-state index in [1.165, 1.54) is 22.5 Å². The summed E-state index contributed by atoms with van der Waals surface area (Å²) >= 11 is 0. The van der Waals surface area contributed by atoms with Gasteiger partial charge in [-0.05, 0) is 30.5 Å². The van der Waals surface area contributed by atoms with Crippen LogP contribution in [0.15, 0.2) is 40.2 Å². The Balaban J connectivity index is 1.57. The van der Waals surface area contributed by atoms with E-state index in [1.807, 2.05) is 24.3 Å². The largest absolute Gasteiger partial charge is 0.494 e. The van der Waals surface area contributed by atoms with Crippen molar-refractivity contribution >= 4 is 17.1 Å². The van der Waals surface area contributed by atoms with Crippen molar-refractivity contribution in [3.8, 4) is 5.75 Å². The van der Waals surface area contributed by atoms with Gasteiger partial charge in [0.2, 0.25) is 5.91 Å². The van der Waals surface area contributed by atoms with Gasteiger partial charge >= 0.3 is 5.69 Å². The molecule has 0 spiro atoms. The molecule has 1 aromatic carbocycles. The fourth-order valence-corrected chi connectivity index (χ4v) is 3.16. The minimum atomic E-state index is -0.473. The molecule has 0 unspecified atom stereocenters. The third-order valence-corrected chi connectivity index (χ3v) is 4.96. The number of amides is 1. The van der Waals surface area contributed by atoms with Gasteiger partial charge < -0.3 is 14.6 Å². The number of benzene rings is 1. The van der Waals surface area contributed by atoms with Crippen LogP contribution in [0.2, 0.25) is 0 Å². The molecule has 160 valence electrons. The van der Waals surface area contributed by atoms with Crippen LogP contribution >= 0.6 is 0 Å². The van der Waals surface area contributed by atoms with Crippen molar-refractivity contribution in [2.45, 2.75) is 32.7 Å². The highest BCUT2D eigenvalue weighted by molar-refractivity contribution is 5.78. The Hall–Kier alpha value is -3.36. The SMILES string of the molecule is CCCCOc1ccc(CCNC(=O)Cn2cnc3c2c(=O)n(C)c(=O)n3C)cc1. The smallest absolute Gasteiger partial charge is 0.332 e. The van der Waals surface area contributed by atoms with Gasteiger partial charge in [-0.1, -0.05) is 25.5 Å². The number of aromatic nitrogens is 4. The number of aryl methyl sites for hydroxylation is 1. The summed E-state index contributed by atoms with van der Waals surface area (Å²) in [6.07, 6.45) is 4.21. The second-order valence-electron chi connectivity index (χ2n) is 7.20. The molecule has 0 fully saturated rings. The number of carbonyl (C=O) groups excluding carboxylic acids is 1. The first-order chi connectivity index (χ1) is 14.4. The van der Waals surface area contributed by atoms with Crippen LogP contribution in [0.4, 0.5) is 0 Å². The van der Waals surface area contributed by atoms with Crippen molar-refractivity contribution < 1.29 is 9.53 Å². The molecule has 9 heteroatoms. The minimum Gasteiger partial charge on any atom is -0.494 e. The van der Waals surface area contributed by atoms with E-state index in [0.29, 0.717) is 19.6 Å². The van der Waals surface area contributed by atoms with Crippen molar-refractivity contribution in [1.82, 2.24) is 24.0 Å². The normalized spacial score (nSPS) is 11.0. The number of unbranched alkanes of at least 4 members (excludes halogenated alkanes) is 1. The van der Waals surface area contributed by atoms with Gasteiger partial charge in [0.15, 0.2) is 11.2 Å². The Bertz CT molecular complexity index is 1140. The van der Waals surface area contributed by atoms with E-state index in [0.717, 1.165) is 28.7 Å². The molecule has 0 aliphatic carbocycles. The summed E-state index contributed by atoms with van der Waals surface area (Å²) in [6.45, 7) is 3.26. The number of ether oxygens (including phenoxy) is 1. The maximum atomic E-state index is 12.4. The van der Waals surface area contributed by atoms with E-state index in [1.54, 1.807) is 7.05 Å². The van der Waals surface area contributed by atoms with Gasteiger partial charge in [0.1, 0.15) is 12.3 Å². The van der Waals surface area contributed by atoms with Gasteiger partial charge in [0.05, 0.1) is 12.9 Å². The van der Waals surface area contributed by atoms with Crippen molar-refractivity contribution in [3.05, 3.63) is 57.0 Å². The third kappa shape index (κ3) is 4.61. The molecular formula is C21H27N5O4. The summed E-state index contributed by atoms with van der Waals surface area (Å²) in [4.78, 5) is 40.9. The molecule has 1 amide bonds. The molecule has 0 saturated heterocycles. The van der Waals surface area contributed by atoms with Crippen LogP contribution in [0.3, 0.4) is 0 Å². The quantitative estimate of drug-likeness (QED) is 0.527. The van der Waals surface area contributed by atoms with Gasteiger partial charge in [-0.3, -0.25) is 18.7 Å². The molecule has 30 heavy (non-hydrogen) atoms. The molecule has 2 aromatic heterocycles. The van der Waals surface area contributed by atoms with E-state index >= 15 is 0 Å². The van der Waals surface area contributed by atoms with Crippen molar-refractivity contribution in [3.63, 3.8) is 0 Å². The van der Waals surface area contributed by atoms with Crippen LogP contribution < -0.4 is 21.3 Å². The maximum absolute atomic E-state index is 12.4. The molecule has 0 aliphatic rings. The number of fused-ring (bicyclic) bond motifs is 1. The van der Waals surface area contributed by atoms with Gasteiger partial charge in [0.25, 0.3) is 5.56 Å². The monoisotopic (exact) mass is 413 g/mol. The van der Waals surface area contributed by atoms with E-state index in [4.69, 9.17) is 4.74 Å². The zero-order valence-electron chi connectivity index (χ0n) is 17.6. The topological polar surface area (TPSA) is 100 Å². The molecule has 9 nitrogen and oxygen atoms in total. The molecule has 1 N–H and O–H groups in total. The van der Waals surface area contributed by atoms with Crippen LogP contribution in [0, 0.1) is 0 Å². The Labute approximate surface area is 173 Å². The van der Waals surface area contributed by atoms with Crippen molar-refractivity contribution in [2.75, 3.05) is 13.2 Å². The van der Waals surface area contributed by atoms with Gasteiger partial charge in [-0.25, -0.2) is 9.78 Å². The average Bonchev–Trinajstić information content (AvgIpc) is 3.15. The van der Waals surface area contributed by atoms with Crippen LogP contribution in [0.1, 0.15) is 25.3 Å². The zero-order valence-corrected chi connectivity index (χ0v) is 17.6. The summed E-state index contributed by atoms with van der Waals surface area (Å²) in [5.41, 5.74) is 0.657. The second-order valence-corrected chi connectivity index (χ2v) is 7.20. The van der Waals surface area contributed by atoms with Crippen molar-refractivity contribution in [2.24, 2.45) is 14.1 Å². The molecule has 0 atom stereocenters. The van der Waals surface area contributed by atoms with E-state index < -0.39 is 11.2 Å². The number of hydrogen-bond acceptors (Lipinski definition) is 5. The van der Waals surface area contributed by atoms with Crippen LogP contribution in [0.5, 0.6) is 5.75 Å². The highest BCUT2D eigenvalue weighted by atomic mass is 16.5. The molecule has 0 radical (unpaired) electrons. The molecule has 3 rings (SSSR count). The predicted octanol–water partition coefficient (Wildman–Crippen LogP) is 0.972. The minimum absolute atomic E-state index is 0.0475. The van der Waals surface area contributed by atoms with Crippen molar-refractivity contribution in [1.29, 1.82) is 0 Å². The number of imidazole rings is 1. The Kier molecular flexibility index (Phi) is 6.71. The van der Waals surface area contributed by atoms with Crippen LogP contribution in [0.25, 0.3) is 11.2 Å². The lowest BCUT2D eigenvalue weighted by molar-refractivity contribution is -0.121. The first-order valence-electron chi connectivity index (χ1n) is 10.0. The highest BCUT2D eigenvalue weighted by Gasteiger charge is 2.15. The predicted molar refractivity (Wildman–Crippen MR) is 114 cm³/mol. The second kappa shape index (κ2) is 9.43. The lowest BCUT2D eigenvalue weighted by Crippen LogP contribution is -2.38. The maximum Gasteiger partial charge on any atom is 0.332 e. The number of carbonyl (C=O) groups is 1. The Morgan fingerprint density at radius 1 is 1.13 bits per heavy atom. The fraction of sp³-hybridized carbons (Fsp3) is 0.429. The van der Waals surface area contributed by atoms with Gasteiger partial charge in [0, 0.05) is 20.6 Å². The molecule has 0 bridgehead atoms. The summed E-state index contributed by atoms with van der Waals surface area (Å²) in [5, 5.41) is 2.85. The van der Waals surface area contributed by atoms with E-state index in [-0.39, 0.29) is 23.6 Å². The zero-order chi connectivity index (χ0) is 21.7. The van der Waals surface area contributed by atoms with Crippen LogP contribution in [-0.2, 0) is 31.9 Å². The average molecular weight is 413 g/mol. The highest BCUT2D eigenvalue weighted by Crippen LogP contribution is 2.13. The summed E-state index contributed by atoms with van der Waals surface area (Å²) in [5.74, 6) is 0.615. The standard InChI is InChI=1S/C21H27N5O4/c1-4-5-12-30-16-8-6-15(7-9-16)10-11-22-17(27)13-26-14-23-19-18(26)20(28)25(3)21(29)24(19)2/h6-9,14H,4-5,10-13H2,1-3H3,(H,22,27). The summed E-state index contributed by atoms with van der Waals surface area (Å²) < 4.78 is 9.41. The molecule has 0 saturated carbocycles. The first kappa shape index (κ1) is 21.4. The van der Waals surface area contributed by atoms with Gasteiger partial charge in [-0.2, -0.15) is 0 Å². The number of nitrogens with one attached hydrogen (secondary N) is 1. The molecule has 3 aromatic rings. The molecular weight excluding hydrogens is 386 g/mol. The fourth-order valence-electron chi connectivity index (χ4n) is 3.16. The molecule has 0 aliphatic heterocycles. The Morgan fingerprint density at radius 3 is 2.57 bits per heavy atom. The number of rotatable bonds is 9. The van der Waals surface area contributed by atoms with E-state index in [2.05, 4.69) is 17.2 Å². The summed E-state index contributed by atoms with van der Waals surface area (Å²) in [7, 11) is 2.95. The number of hydrogen-bond donors (Lipinski definition) is 1. The number of nitrogens with zero attached hydrogens (tertiary/aromatic N) is 4. The Morgan fingerprint density at radius 2 is 1.87 bits per heavy atom. The molecule has 2 heterocycles.